The van der Waals surface area contributed by atoms with Crippen molar-refractivity contribution in [3.05, 3.63) is 0 Å². The van der Waals surface area contributed by atoms with Crippen molar-refractivity contribution in [1.29, 1.82) is 0 Å². The van der Waals surface area contributed by atoms with Gasteiger partial charge in [0.15, 0.2) is 0 Å². The minimum absolute atomic E-state index is 0.420. The second-order valence-electron chi connectivity index (χ2n) is 4.15. The van der Waals surface area contributed by atoms with Gasteiger partial charge in [-0.2, -0.15) is 0 Å². The number of rotatable bonds is 1. The average molecular weight is 266 g/mol. The third-order valence-electron chi connectivity index (χ3n) is 3.61. The average Bonchev–Trinajstić information content (AvgIpc) is 2.43. The molecule has 0 amide bonds. The first-order chi connectivity index (χ1) is 5.24. The molecule has 0 aromatic rings. The van der Waals surface area contributed by atoms with Crippen LogP contribution >= 0.6 is 22.6 Å². The van der Waals surface area contributed by atoms with Crippen LogP contribution in [0.2, 0.25) is 0 Å². The number of halogens is 1. The first-order valence-corrected chi connectivity index (χ1v) is 5.73. The van der Waals surface area contributed by atoms with E-state index in [1.807, 2.05) is 0 Å². The summed E-state index contributed by atoms with van der Waals surface area (Å²) < 4.78 is 0.897. The summed E-state index contributed by atoms with van der Waals surface area (Å²) in [5.74, 6) is 3.45. The van der Waals surface area contributed by atoms with Crippen molar-refractivity contribution in [1.82, 2.24) is 0 Å². The highest BCUT2D eigenvalue weighted by atomic mass is 127. The van der Waals surface area contributed by atoms with Crippen LogP contribution in [0.3, 0.4) is 0 Å². The van der Waals surface area contributed by atoms with Crippen molar-refractivity contribution in [3.8, 4) is 0 Å². The van der Waals surface area contributed by atoms with Crippen LogP contribution in [-0.4, -0.2) is 15.6 Å². The Morgan fingerprint density at radius 2 is 2.00 bits per heavy atom. The van der Waals surface area contributed by atoms with Crippen LogP contribution in [0.4, 0.5) is 0 Å². The van der Waals surface area contributed by atoms with Gasteiger partial charge in [-0.3, -0.25) is 0 Å². The molecular weight excluding hydrogens is 251 g/mol. The predicted molar refractivity (Wildman–Crippen MR) is 53.8 cm³/mol. The highest BCUT2D eigenvalue weighted by molar-refractivity contribution is 14.1. The Bertz CT molecular complexity index is 144. The van der Waals surface area contributed by atoms with Crippen LogP contribution in [0.25, 0.3) is 0 Å². The molecule has 0 spiro atoms. The maximum atomic E-state index is 9.00. The summed E-state index contributed by atoms with van der Waals surface area (Å²) in [4.78, 5) is 0. The minimum atomic E-state index is 0.420. The van der Waals surface area contributed by atoms with Crippen LogP contribution in [0.5, 0.6) is 0 Å². The summed E-state index contributed by atoms with van der Waals surface area (Å²) in [7, 11) is 0. The van der Waals surface area contributed by atoms with Crippen molar-refractivity contribution >= 4 is 22.6 Å². The number of hydrogen-bond acceptors (Lipinski definition) is 1. The number of alkyl halides is 1. The highest BCUT2D eigenvalue weighted by Crippen LogP contribution is 2.56. The molecule has 64 valence electrons. The standard InChI is InChI=1S/C9H15IO/c1-5-7-2-6(4-11)3-8(7)9(5)10/h5-9,11H,2-4H2,1H3/t5-,6?,7-,8-,9-/m1/s1. The van der Waals surface area contributed by atoms with E-state index in [0.717, 1.165) is 21.7 Å². The third kappa shape index (κ3) is 1.13. The van der Waals surface area contributed by atoms with Gasteiger partial charge >= 0.3 is 0 Å². The number of hydrogen-bond donors (Lipinski definition) is 1. The number of aliphatic hydroxyl groups is 1. The Morgan fingerprint density at radius 1 is 1.36 bits per heavy atom. The second kappa shape index (κ2) is 2.87. The van der Waals surface area contributed by atoms with Crippen LogP contribution in [0.15, 0.2) is 0 Å². The van der Waals surface area contributed by atoms with E-state index in [9.17, 15) is 0 Å². The van der Waals surface area contributed by atoms with Gasteiger partial charge in [0.2, 0.25) is 0 Å². The summed E-state index contributed by atoms with van der Waals surface area (Å²) in [5, 5.41) is 9.00. The van der Waals surface area contributed by atoms with Gasteiger partial charge in [0, 0.05) is 10.5 Å². The molecule has 11 heavy (non-hydrogen) atoms. The third-order valence-corrected chi connectivity index (χ3v) is 5.66. The lowest BCUT2D eigenvalue weighted by Gasteiger charge is -2.44. The summed E-state index contributed by atoms with van der Waals surface area (Å²) in [5.41, 5.74) is 0. The zero-order chi connectivity index (χ0) is 8.01. The molecule has 0 aromatic heterocycles. The molecule has 2 aliphatic rings. The van der Waals surface area contributed by atoms with E-state index < -0.39 is 0 Å². The van der Waals surface area contributed by atoms with Crippen molar-refractivity contribution < 1.29 is 5.11 Å². The molecule has 0 radical (unpaired) electrons. The Labute approximate surface area is 81.7 Å². The van der Waals surface area contributed by atoms with E-state index in [4.69, 9.17) is 5.11 Å². The Balaban J connectivity index is 1.98. The lowest BCUT2D eigenvalue weighted by molar-refractivity contribution is 0.144. The molecule has 0 aliphatic heterocycles. The van der Waals surface area contributed by atoms with Crippen molar-refractivity contribution in [2.75, 3.05) is 6.61 Å². The van der Waals surface area contributed by atoms with Gasteiger partial charge in [0.25, 0.3) is 0 Å². The summed E-state index contributed by atoms with van der Waals surface area (Å²) >= 11 is 2.58. The molecule has 0 aromatic carbocycles. The topological polar surface area (TPSA) is 20.2 Å². The van der Waals surface area contributed by atoms with Gasteiger partial charge in [0.1, 0.15) is 0 Å². The van der Waals surface area contributed by atoms with Gasteiger partial charge in [-0.1, -0.05) is 29.5 Å². The molecule has 1 unspecified atom stereocenters. The molecule has 2 saturated carbocycles. The zero-order valence-corrected chi connectivity index (χ0v) is 8.99. The molecule has 2 aliphatic carbocycles. The highest BCUT2D eigenvalue weighted by Gasteiger charge is 2.51. The fourth-order valence-corrected chi connectivity index (χ4v) is 4.18. The van der Waals surface area contributed by atoms with Gasteiger partial charge < -0.3 is 5.11 Å². The van der Waals surface area contributed by atoms with E-state index in [0.29, 0.717) is 12.5 Å². The quantitative estimate of drug-likeness (QED) is 0.569. The minimum Gasteiger partial charge on any atom is -0.396 e. The number of fused-ring (bicyclic) bond motifs is 1. The fourth-order valence-electron chi connectivity index (χ4n) is 2.82. The SMILES string of the molecule is C[C@H]1[C@@H](I)[C@@H]2CC(CO)C[C@H]12. The van der Waals surface area contributed by atoms with Crippen molar-refractivity contribution in [2.45, 2.75) is 23.7 Å². The smallest absolute Gasteiger partial charge is 0.0459 e. The van der Waals surface area contributed by atoms with E-state index in [1.54, 1.807) is 0 Å². The van der Waals surface area contributed by atoms with Gasteiger partial charge in [-0.25, -0.2) is 0 Å². The first kappa shape index (κ1) is 8.30. The molecule has 2 rings (SSSR count). The zero-order valence-electron chi connectivity index (χ0n) is 6.83. The molecule has 2 heteroatoms. The largest absolute Gasteiger partial charge is 0.396 e. The maximum Gasteiger partial charge on any atom is 0.0459 e. The van der Waals surface area contributed by atoms with Gasteiger partial charge in [-0.05, 0) is 36.5 Å². The normalized spacial score (nSPS) is 55.4. The van der Waals surface area contributed by atoms with Crippen LogP contribution in [0.1, 0.15) is 19.8 Å². The Hall–Kier alpha value is 0.690. The van der Waals surface area contributed by atoms with Crippen LogP contribution in [-0.2, 0) is 0 Å². The fraction of sp³-hybridized carbons (Fsp3) is 1.00. The van der Waals surface area contributed by atoms with E-state index in [2.05, 4.69) is 29.5 Å². The molecule has 1 N–H and O–H groups in total. The van der Waals surface area contributed by atoms with Crippen molar-refractivity contribution in [2.24, 2.45) is 23.7 Å². The van der Waals surface area contributed by atoms with Gasteiger partial charge in [-0.15, -0.1) is 0 Å². The van der Waals surface area contributed by atoms with Crippen LogP contribution in [0, 0.1) is 23.7 Å². The monoisotopic (exact) mass is 266 g/mol. The summed E-state index contributed by atoms with van der Waals surface area (Å²) in [6, 6.07) is 0. The molecule has 1 nitrogen and oxygen atoms in total. The van der Waals surface area contributed by atoms with E-state index in [-0.39, 0.29) is 0 Å². The second-order valence-corrected chi connectivity index (χ2v) is 5.59. The van der Waals surface area contributed by atoms with Crippen LogP contribution < -0.4 is 0 Å². The molecule has 0 bridgehead atoms. The Morgan fingerprint density at radius 3 is 2.55 bits per heavy atom. The first-order valence-electron chi connectivity index (χ1n) is 4.49. The van der Waals surface area contributed by atoms with E-state index in [1.165, 1.54) is 12.8 Å². The molecular formula is C9H15IO. The lowest BCUT2D eigenvalue weighted by Crippen LogP contribution is -2.42. The Kier molecular flexibility index (Phi) is 2.17. The molecule has 2 fully saturated rings. The van der Waals surface area contributed by atoms with Gasteiger partial charge in [0.05, 0.1) is 0 Å². The van der Waals surface area contributed by atoms with Crippen molar-refractivity contribution in [3.63, 3.8) is 0 Å². The lowest BCUT2D eigenvalue weighted by atomic mass is 9.68. The predicted octanol–water partition coefficient (Wildman–Crippen LogP) is 2.07. The summed E-state index contributed by atoms with van der Waals surface area (Å²) in [6.07, 6.45) is 2.58. The summed E-state index contributed by atoms with van der Waals surface area (Å²) in [6.45, 7) is 2.78. The number of aliphatic hydroxyl groups excluding tert-OH is 1. The maximum absolute atomic E-state index is 9.00. The molecule has 5 atom stereocenters. The molecule has 0 heterocycles. The van der Waals surface area contributed by atoms with E-state index >= 15 is 0 Å². The molecule has 0 saturated heterocycles.